The van der Waals surface area contributed by atoms with Crippen molar-refractivity contribution >= 4 is 11.6 Å². The van der Waals surface area contributed by atoms with Crippen LogP contribution in [0.2, 0.25) is 0 Å². The highest BCUT2D eigenvalue weighted by molar-refractivity contribution is 5.78. The van der Waals surface area contributed by atoms with E-state index in [0.29, 0.717) is 18.7 Å². The SMILES string of the molecule is CC(C)(CNC(=O)Cc1ccc(N)cc1)c1ccc(F)cc1. The third-order valence-electron chi connectivity index (χ3n) is 3.70. The number of nitrogens with two attached hydrogens (primary N) is 1. The topological polar surface area (TPSA) is 55.1 Å². The van der Waals surface area contributed by atoms with Crippen molar-refractivity contribution in [3.63, 3.8) is 0 Å². The highest BCUT2D eigenvalue weighted by Gasteiger charge is 2.21. The molecule has 2 aromatic rings. The first-order chi connectivity index (χ1) is 10.4. The van der Waals surface area contributed by atoms with Gasteiger partial charge in [-0.2, -0.15) is 0 Å². The predicted molar refractivity (Wildman–Crippen MR) is 87.0 cm³/mol. The normalized spacial score (nSPS) is 11.2. The molecule has 0 atom stereocenters. The summed E-state index contributed by atoms with van der Waals surface area (Å²) in [5.74, 6) is -0.299. The molecule has 2 aromatic carbocycles. The number of carbonyl (C=O) groups excluding carboxylic acids is 1. The number of hydrogen-bond acceptors (Lipinski definition) is 2. The maximum Gasteiger partial charge on any atom is 0.224 e. The number of anilines is 1. The summed E-state index contributed by atoms with van der Waals surface area (Å²) in [5, 5.41) is 2.94. The molecule has 3 nitrogen and oxygen atoms in total. The van der Waals surface area contributed by atoms with Crippen molar-refractivity contribution in [3.05, 3.63) is 65.5 Å². The summed E-state index contributed by atoms with van der Waals surface area (Å²) in [6.07, 6.45) is 0.319. The Kier molecular flexibility index (Phi) is 4.81. The molecule has 0 bridgehead atoms. The van der Waals surface area contributed by atoms with Crippen LogP contribution in [0.4, 0.5) is 10.1 Å². The van der Waals surface area contributed by atoms with Crippen LogP contribution in [0.3, 0.4) is 0 Å². The third kappa shape index (κ3) is 4.32. The van der Waals surface area contributed by atoms with Gasteiger partial charge in [0.1, 0.15) is 5.82 Å². The summed E-state index contributed by atoms with van der Waals surface area (Å²) in [4.78, 5) is 12.0. The lowest BCUT2D eigenvalue weighted by atomic mass is 9.84. The molecule has 116 valence electrons. The Bertz CT molecular complexity index is 633. The van der Waals surface area contributed by atoms with Crippen LogP contribution >= 0.6 is 0 Å². The average molecular weight is 300 g/mol. The minimum Gasteiger partial charge on any atom is -0.399 e. The first-order valence-corrected chi connectivity index (χ1v) is 7.24. The zero-order valence-electron chi connectivity index (χ0n) is 12.9. The van der Waals surface area contributed by atoms with E-state index in [1.54, 1.807) is 24.3 Å². The molecule has 4 heteroatoms. The fraction of sp³-hybridized carbons (Fsp3) is 0.278. The van der Waals surface area contributed by atoms with E-state index in [1.165, 1.54) is 12.1 Å². The zero-order valence-corrected chi connectivity index (χ0v) is 12.9. The van der Waals surface area contributed by atoms with Crippen LogP contribution in [0.15, 0.2) is 48.5 Å². The maximum atomic E-state index is 13.0. The second-order valence-corrected chi connectivity index (χ2v) is 6.09. The lowest BCUT2D eigenvalue weighted by Crippen LogP contribution is -2.37. The summed E-state index contributed by atoms with van der Waals surface area (Å²) in [7, 11) is 0. The minimum atomic E-state index is -0.259. The Morgan fingerprint density at radius 3 is 2.27 bits per heavy atom. The maximum absolute atomic E-state index is 13.0. The van der Waals surface area contributed by atoms with Crippen LogP contribution < -0.4 is 11.1 Å². The molecular weight excluding hydrogens is 279 g/mol. The van der Waals surface area contributed by atoms with E-state index < -0.39 is 0 Å². The van der Waals surface area contributed by atoms with Gasteiger partial charge in [-0.3, -0.25) is 4.79 Å². The molecule has 1 amide bonds. The van der Waals surface area contributed by atoms with Crippen LogP contribution in [-0.2, 0) is 16.6 Å². The van der Waals surface area contributed by atoms with Crippen molar-refractivity contribution in [2.45, 2.75) is 25.7 Å². The van der Waals surface area contributed by atoms with Gasteiger partial charge in [-0.25, -0.2) is 4.39 Å². The Labute approximate surface area is 130 Å². The molecule has 0 spiro atoms. The van der Waals surface area contributed by atoms with Gasteiger partial charge in [-0.05, 0) is 35.4 Å². The van der Waals surface area contributed by atoms with Crippen molar-refractivity contribution in [1.82, 2.24) is 5.32 Å². The van der Waals surface area contributed by atoms with Gasteiger partial charge >= 0.3 is 0 Å². The molecule has 0 aromatic heterocycles. The van der Waals surface area contributed by atoms with Gasteiger partial charge < -0.3 is 11.1 Å². The fourth-order valence-electron chi connectivity index (χ4n) is 2.21. The monoisotopic (exact) mass is 300 g/mol. The van der Waals surface area contributed by atoms with Crippen LogP contribution in [0, 0.1) is 5.82 Å². The van der Waals surface area contributed by atoms with Crippen molar-refractivity contribution in [2.24, 2.45) is 0 Å². The minimum absolute atomic E-state index is 0.0417. The molecule has 0 unspecified atom stereocenters. The standard InChI is InChI=1S/C18H21FN2O/c1-18(2,14-5-7-15(19)8-6-14)12-21-17(22)11-13-3-9-16(20)10-4-13/h3-10H,11-12,20H2,1-2H3,(H,21,22). The molecule has 22 heavy (non-hydrogen) atoms. The molecule has 0 fully saturated rings. The molecular formula is C18H21FN2O. The third-order valence-corrected chi connectivity index (χ3v) is 3.70. The lowest BCUT2D eigenvalue weighted by Gasteiger charge is -2.25. The summed E-state index contributed by atoms with van der Waals surface area (Å²) < 4.78 is 13.0. The van der Waals surface area contributed by atoms with Crippen molar-refractivity contribution in [2.75, 3.05) is 12.3 Å². The molecule has 2 rings (SSSR count). The van der Waals surface area contributed by atoms with Crippen molar-refractivity contribution in [1.29, 1.82) is 0 Å². The van der Waals surface area contributed by atoms with Gasteiger partial charge in [0, 0.05) is 17.6 Å². The lowest BCUT2D eigenvalue weighted by molar-refractivity contribution is -0.120. The average Bonchev–Trinajstić information content (AvgIpc) is 2.48. The fourth-order valence-corrected chi connectivity index (χ4v) is 2.21. The largest absolute Gasteiger partial charge is 0.399 e. The summed E-state index contributed by atoms with van der Waals surface area (Å²) in [5.41, 5.74) is 7.95. The number of halogens is 1. The summed E-state index contributed by atoms with van der Waals surface area (Å²) in [6, 6.07) is 13.6. The van der Waals surface area contributed by atoms with E-state index in [2.05, 4.69) is 5.32 Å². The number of hydrogen-bond donors (Lipinski definition) is 2. The number of amides is 1. The first-order valence-electron chi connectivity index (χ1n) is 7.24. The van der Waals surface area contributed by atoms with Crippen LogP contribution in [0.5, 0.6) is 0 Å². The van der Waals surface area contributed by atoms with Crippen molar-refractivity contribution < 1.29 is 9.18 Å². The molecule has 0 saturated heterocycles. The number of carbonyl (C=O) groups is 1. The molecule has 0 heterocycles. The Morgan fingerprint density at radius 2 is 1.68 bits per heavy atom. The first kappa shape index (κ1) is 16.0. The van der Waals surface area contributed by atoms with Crippen LogP contribution in [0.1, 0.15) is 25.0 Å². The summed E-state index contributed by atoms with van der Waals surface area (Å²) in [6.45, 7) is 4.53. The number of nitrogen functional groups attached to an aromatic ring is 1. The Hall–Kier alpha value is -2.36. The molecule has 3 N–H and O–H groups in total. The zero-order chi connectivity index (χ0) is 16.2. The van der Waals surface area contributed by atoms with E-state index in [0.717, 1.165) is 11.1 Å². The van der Waals surface area contributed by atoms with E-state index in [-0.39, 0.29) is 17.1 Å². The van der Waals surface area contributed by atoms with Gasteiger partial charge in [0.2, 0.25) is 5.91 Å². The van der Waals surface area contributed by atoms with Gasteiger partial charge in [0.25, 0.3) is 0 Å². The number of rotatable bonds is 5. The number of nitrogens with one attached hydrogen (secondary N) is 1. The highest BCUT2D eigenvalue weighted by Crippen LogP contribution is 2.22. The molecule has 0 aliphatic carbocycles. The Balaban J connectivity index is 1.92. The van der Waals surface area contributed by atoms with E-state index >= 15 is 0 Å². The second-order valence-electron chi connectivity index (χ2n) is 6.09. The van der Waals surface area contributed by atoms with Gasteiger partial charge in [-0.1, -0.05) is 38.1 Å². The smallest absolute Gasteiger partial charge is 0.224 e. The van der Waals surface area contributed by atoms with E-state index in [4.69, 9.17) is 5.73 Å². The van der Waals surface area contributed by atoms with Gasteiger partial charge in [0.15, 0.2) is 0 Å². The molecule has 0 radical (unpaired) electrons. The quantitative estimate of drug-likeness (QED) is 0.834. The van der Waals surface area contributed by atoms with Crippen LogP contribution in [0.25, 0.3) is 0 Å². The molecule has 0 saturated carbocycles. The second kappa shape index (κ2) is 6.60. The van der Waals surface area contributed by atoms with Gasteiger partial charge in [0.05, 0.1) is 6.42 Å². The van der Waals surface area contributed by atoms with Crippen molar-refractivity contribution in [3.8, 4) is 0 Å². The highest BCUT2D eigenvalue weighted by atomic mass is 19.1. The van der Waals surface area contributed by atoms with E-state index in [9.17, 15) is 9.18 Å². The van der Waals surface area contributed by atoms with Crippen LogP contribution in [-0.4, -0.2) is 12.5 Å². The van der Waals surface area contributed by atoms with E-state index in [1.807, 2.05) is 26.0 Å². The molecule has 0 aliphatic rings. The summed E-state index contributed by atoms with van der Waals surface area (Å²) >= 11 is 0. The molecule has 0 aliphatic heterocycles. The van der Waals surface area contributed by atoms with Gasteiger partial charge in [-0.15, -0.1) is 0 Å². The predicted octanol–water partition coefficient (Wildman–Crippen LogP) is 3.04. The number of benzene rings is 2. The Morgan fingerprint density at radius 1 is 1.09 bits per heavy atom.